The van der Waals surface area contributed by atoms with Gasteiger partial charge in [0.05, 0.1) is 6.10 Å². The van der Waals surface area contributed by atoms with Crippen molar-refractivity contribution in [3.63, 3.8) is 0 Å². The lowest BCUT2D eigenvalue weighted by molar-refractivity contribution is 0.0444. The molecule has 0 N–H and O–H groups in total. The molecule has 0 aliphatic carbocycles. The van der Waals surface area contributed by atoms with Gasteiger partial charge in [-0.15, -0.1) is 0 Å². The maximum absolute atomic E-state index is 12.1. The minimum Gasteiger partial charge on any atom is -0.370 e. The van der Waals surface area contributed by atoms with Crippen LogP contribution in [-0.2, 0) is 11.8 Å². The first-order chi connectivity index (χ1) is 8.32. The van der Waals surface area contributed by atoms with Gasteiger partial charge in [-0.05, 0) is 39.2 Å². The summed E-state index contributed by atoms with van der Waals surface area (Å²) >= 11 is 0. The van der Waals surface area contributed by atoms with Gasteiger partial charge in [-0.25, -0.2) is 0 Å². The highest BCUT2D eigenvalue weighted by Crippen LogP contribution is 2.15. The number of Topliss-reactive ketones (excluding diaryl/α,β-unsaturated/α-hetero) is 1. The fraction of sp³-hybridized carbons (Fsp3) is 0.667. The molecule has 1 rings (SSSR count). The molecule has 0 saturated carbocycles. The van der Waals surface area contributed by atoms with Crippen LogP contribution in [0.5, 0.6) is 0 Å². The second-order valence-corrected chi connectivity index (χ2v) is 5.52. The highest BCUT2D eigenvalue weighted by Gasteiger charge is 2.15. The zero-order valence-corrected chi connectivity index (χ0v) is 12.4. The Labute approximate surface area is 110 Å². The van der Waals surface area contributed by atoms with Gasteiger partial charge < -0.3 is 9.30 Å². The molecular weight excluding hydrogens is 226 g/mol. The van der Waals surface area contributed by atoms with Crippen molar-refractivity contribution in [2.45, 2.75) is 47.1 Å². The van der Waals surface area contributed by atoms with Crippen LogP contribution in [0.15, 0.2) is 6.07 Å². The standard InChI is InChI=1S/C15H25NO2/c1-10(2)7-12(4)18-9-15(17)14-8-11(3)16(6)13(14)5/h8,10,12H,7,9H2,1-6H3. The number of hydrogen-bond donors (Lipinski definition) is 0. The minimum atomic E-state index is 0.0757. The van der Waals surface area contributed by atoms with Crippen molar-refractivity contribution in [1.29, 1.82) is 0 Å². The molecule has 0 radical (unpaired) electrons. The third-order valence-electron chi connectivity index (χ3n) is 3.38. The number of nitrogens with zero attached hydrogens (tertiary/aromatic N) is 1. The summed E-state index contributed by atoms with van der Waals surface area (Å²) in [6, 6.07) is 1.94. The summed E-state index contributed by atoms with van der Waals surface area (Å²) in [6.07, 6.45) is 1.12. The van der Waals surface area contributed by atoms with E-state index in [2.05, 4.69) is 13.8 Å². The molecular formula is C15H25NO2. The monoisotopic (exact) mass is 251 g/mol. The summed E-state index contributed by atoms with van der Waals surface area (Å²) in [4.78, 5) is 12.1. The van der Waals surface area contributed by atoms with Gasteiger partial charge in [-0.2, -0.15) is 0 Å². The second-order valence-electron chi connectivity index (χ2n) is 5.52. The van der Waals surface area contributed by atoms with Crippen molar-refractivity contribution in [3.8, 4) is 0 Å². The first kappa shape index (κ1) is 15.0. The molecule has 18 heavy (non-hydrogen) atoms. The van der Waals surface area contributed by atoms with Crippen LogP contribution >= 0.6 is 0 Å². The lowest BCUT2D eigenvalue weighted by Gasteiger charge is -2.14. The molecule has 0 aromatic carbocycles. The number of rotatable bonds is 6. The van der Waals surface area contributed by atoms with Gasteiger partial charge in [-0.1, -0.05) is 13.8 Å². The number of hydrogen-bond acceptors (Lipinski definition) is 2. The van der Waals surface area contributed by atoms with Crippen LogP contribution in [0, 0.1) is 19.8 Å². The van der Waals surface area contributed by atoms with Crippen molar-refractivity contribution in [1.82, 2.24) is 4.57 Å². The van der Waals surface area contributed by atoms with Crippen LogP contribution in [0.2, 0.25) is 0 Å². The fourth-order valence-corrected chi connectivity index (χ4v) is 2.17. The first-order valence-electron chi connectivity index (χ1n) is 6.60. The van der Waals surface area contributed by atoms with E-state index in [1.807, 2.05) is 38.5 Å². The normalized spacial score (nSPS) is 13.1. The number of ether oxygens (including phenoxy) is 1. The average Bonchev–Trinajstić information content (AvgIpc) is 2.53. The van der Waals surface area contributed by atoms with Gasteiger partial charge in [0.15, 0.2) is 5.78 Å². The number of aryl methyl sites for hydroxylation is 1. The smallest absolute Gasteiger partial charge is 0.190 e. The molecule has 3 nitrogen and oxygen atoms in total. The fourth-order valence-electron chi connectivity index (χ4n) is 2.17. The van der Waals surface area contributed by atoms with E-state index in [0.717, 1.165) is 23.4 Å². The number of ketones is 1. The maximum Gasteiger partial charge on any atom is 0.190 e. The molecule has 1 aromatic heterocycles. The summed E-state index contributed by atoms with van der Waals surface area (Å²) in [5.74, 6) is 0.669. The van der Waals surface area contributed by atoms with E-state index in [4.69, 9.17) is 4.74 Å². The third-order valence-corrected chi connectivity index (χ3v) is 3.38. The zero-order chi connectivity index (χ0) is 13.9. The van der Waals surface area contributed by atoms with E-state index in [1.54, 1.807) is 0 Å². The Morgan fingerprint density at radius 1 is 1.33 bits per heavy atom. The SMILES string of the molecule is Cc1cc(C(=O)COC(C)CC(C)C)c(C)n1C. The van der Waals surface area contributed by atoms with E-state index < -0.39 is 0 Å². The van der Waals surface area contributed by atoms with E-state index in [0.29, 0.717) is 5.92 Å². The van der Waals surface area contributed by atoms with Crippen molar-refractivity contribution in [2.24, 2.45) is 13.0 Å². The molecule has 1 aromatic rings. The van der Waals surface area contributed by atoms with Crippen LogP contribution in [0.25, 0.3) is 0 Å². The first-order valence-corrected chi connectivity index (χ1v) is 6.60. The quantitative estimate of drug-likeness (QED) is 0.727. The molecule has 1 heterocycles. The van der Waals surface area contributed by atoms with Crippen LogP contribution in [0.1, 0.15) is 48.9 Å². The van der Waals surface area contributed by atoms with Crippen molar-refractivity contribution < 1.29 is 9.53 Å². The Kier molecular flexibility index (Phi) is 5.15. The van der Waals surface area contributed by atoms with Gasteiger partial charge in [0.2, 0.25) is 0 Å². The van der Waals surface area contributed by atoms with Crippen molar-refractivity contribution >= 4 is 5.78 Å². The van der Waals surface area contributed by atoms with Crippen LogP contribution < -0.4 is 0 Å². The maximum atomic E-state index is 12.1. The molecule has 102 valence electrons. The molecule has 0 aliphatic heterocycles. The highest BCUT2D eigenvalue weighted by molar-refractivity contribution is 5.98. The Bertz CT molecular complexity index is 418. The van der Waals surface area contributed by atoms with Gasteiger partial charge >= 0.3 is 0 Å². The average molecular weight is 251 g/mol. The zero-order valence-electron chi connectivity index (χ0n) is 12.4. The van der Waals surface area contributed by atoms with E-state index >= 15 is 0 Å². The predicted molar refractivity (Wildman–Crippen MR) is 74.1 cm³/mol. The lowest BCUT2D eigenvalue weighted by Crippen LogP contribution is -2.18. The summed E-state index contributed by atoms with van der Waals surface area (Å²) in [5.41, 5.74) is 2.90. The largest absolute Gasteiger partial charge is 0.370 e. The molecule has 0 aliphatic rings. The third kappa shape index (κ3) is 3.70. The highest BCUT2D eigenvalue weighted by atomic mass is 16.5. The van der Waals surface area contributed by atoms with E-state index in [1.165, 1.54) is 0 Å². The summed E-state index contributed by atoms with van der Waals surface area (Å²) in [5, 5.41) is 0. The summed E-state index contributed by atoms with van der Waals surface area (Å²) in [6.45, 7) is 10.5. The van der Waals surface area contributed by atoms with Gasteiger partial charge in [-0.3, -0.25) is 4.79 Å². The topological polar surface area (TPSA) is 31.2 Å². The summed E-state index contributed by atoms with van der Waals surface area (Å²) in [7, 11) is 1.98. The van der Waals surface area contributed by atoms with Crippen LogP contribution in [-0.4, -0.2) is 23.1 Å². The predicted octanol–water partition coefficient (Wildman–Crippen LogP) is 3.28. The molecule has 3 heteroatoms. The lowest BCUT2D eigenvalue weighted by atomic mass is 10.1. The Hall–Kier alpha value is -1.09. The van der Waals surface area contributed by atoms with Crippen LogP contribution in [0.4, 0.5) is 0 Å². The molecule has 0 fully saturated rings. The minimum absolute atomic E-state index is 0.0757. The van der Waals surface area contributed by atoms with E-state index in [-0.39, 0.29) is 18.5 Å². The number of aromatic nitrogens is 1. The van der Waals surface area contributed by atoms with Gasteiger partial charge in [0.25, 0.3) is 0 Å². The second kappa shape index (κ2) is 6.19. The van der Waals surface area contributed by atoms with Crippen molar-refractivity contribution in [2.75, 3.05) is 6.61 Å². The van der Waals surface area contributed by atoms with Crippen molar-refractivity contribution in [3.05, 3.63) is 23.0 Å². The van der Waals surface area contributed by atoms with Gasteiger partial charge in [0, 0.05) is 24.0 Å². The number of carbonyl (C=O) groups is 1. The molecule has 0 amide bonds. The molecule has 1 unspecified atom stereocenters. The molecule has 0 spiro atoms. The molecule has 1 atom stereocenters. The van der Waals surface area contributed by atoms with E-state index in [9.17, 15) is 4.79 Å². The summed E-state index contributed by atoms with van der Waals surface area (Å²) < 4.78 is 7.65. The Morgan fingerprint density at radius 3 is 2.39 bits per heavy atom. The Morgan fingerprint density at radius 2 is 1.94 bits per heavy atom. The molecule has 0 saturated heterocycles. The van der Waals surface area contributed by atoms with Gasteiger partial charge in [0.1, 0.15) is 6.61 Å². The number of carbonyl (C=O) groups excluding carboxylic acids is 1. The van der Waals surface area contributed by atoms with Crippen LogP contribution in [0.3, 0.4) is 0 Å². The Balaban J connectivity index is 2.58. The molecule has 0 bridgehead atoms.